The predicted octanol–water partition coefficient (Wildman–Crippen LogP) is 2.54. The second-order valence-electron chi connectivity index (χ2n) is 3.33. The first-order chi connectivity index (χ1) is 7.54. The van der Waals surface area contributed by atoms with Gasteiger partial charge in [0, 0.05) is 27.8 Å². The third kappa shape index (κ3) is 1.92. The highest BCUT2D eigenvalue weighted by molar-refractivity contribution is 8.14. The maximum Gasteiger partial charge on any atom is 0.263 e. The number of hydrogen-bond acceptors (Lipinski definition) is 2. The van der Waals surface area contributed by atoms with Crippen LogP contribution >= 0.6 is 10.7 Å². The highest BCUT2D eigenvalue weighted by Crippen LogP contribution is 2.27. The van der Waals surface area contributed by atoms with E-state index in [0.29, 0.717) is 10.9 Å². The molecule has 0 saturated heterocycles. The van der Waals surface area contributed by atoms with E-state index in [4.69, 9.17) is 10.7 Å². The zero-order chi connectivity index (χ0) is 11.8. The van der Waals surface area contributed by atoms with Crippen LogP contribution in [0, 0.1) is 0 Å². The molecule has 16 heavy (non-hydrogen) atoms. The van der Waals surface area contributed by atoms with E-state index in [0.717, 1.165) is 0 Å². The number of benzene rings is 1. The molecule has 0 aliphatic rings. The number of fused-ring (bicyclic) bond motifs is 1. The van der Waals surface area contributed by atoms with Crippen LogP contribution in [0.1, 0.15) is 0 Å². The fourth-order valence-electron chi connectivity index (χ4n) is 1.68. The molecule has 1 heterocycles. The van der Waals surface area contributed by atoms with Crippen LogP contribution in [-0.4, -0.2) is 19.7 Å². The average molecular weight is 262 g/mol. The predicted molar refractivity (Wildman–Crippen MR) is 61.0 cm³/mol. The molecule has 1 aromatic carbocycles. The molecule has 1 aromatic heterocycles. The molecule has 0 atom stereocenters. The van der Waals surface area contributed by atoms with Crippen LogP contribution in [0.4, 0.5) is 4.39 Å². The Morgan fingerprint density at radius 2 is 2.00 bits per heavy atom. The van der Waals surface area contributed by atoms with Gasteiger partial charge in [-0.15, -0.1) is 0 Å². The van der Waals surface area contributed by atoms with Gasteiger partial charge in [-0.3, -0.25) is 0 Å². The summed E-state index contributed by atoms with van der Waals surface area (Å²) in [6.07, 6.45) is 1.37. The molecule has 0 amide bonds. The standard InChI is InChI=1S/C10H9ClFNO2S/c11-16(14,15)10-7-13(6-5-12)9-4-2-1-3-8(9)10/h1-4,7H,5-6H2. The maximum atomic E-state index is 12.3. The first kappa shape index (κ1) is 11.4. The monoisotopic (exact) mass is 261 g/mol. The minimum atomic E-state index is -3.80. The summed E-state index contributed by atoms with van der Waals surface area (Å²) in [4.78, 5) is 0.0261. The second kappa shape index (κ2) is 4.07. The van der Waals surface area contributed by atoms with Crippen molar-refractivity contribution >= 4 is 30.6 Å². The summed E-state index contributed by atoms with van der Waals surface area (Å²) in [6.45, 7) is -0.437. The molecule has 6 heteroatoms. The Morgan fingerprint density at radius 1 is 1.31 bits per heavy atom. The lowest BCUT2D eigenvalue weighted by Crippen LogP contribution is -1.97. The summed E-state index contributed by atoms with van der Waals surface area (Å²) >= 11 is 0. The van der Waals surface area contributed by atoms with E-state index >= 15 is 0 Å². The van der Waals surface area contributed by atoms with Crippen molar-refractivity contribution in [2.24, 2.45) is 0 Å². The Balaban J connectivity index is 2.77. The minimum absolute atomic E-state index is 0.0261. The van der Waals surface area contributed by atoms with Crippen LogP contribution < -0.4 is 0 Å². The zero-order valence-corrected chi connectivity index (χ0v) is 9.80. The van der Waals surface area contributed by atoms with Crippen LogP contribution in [0.3, 0.4) is 0 Å². The second-order valence-corrected chi connectivity index (χ2v) is 5.87. The molecule has 0 unspecified atom stereocenters. The van der Waals surface area contributed by atoms with Gasteiger partial charge in [0.1, 0.15) is 11.6 Å². The number of halogens is 2. The van der Waals surface area contributed by atoms with Crippen molar-refractivity contribution in [3.8, 4) is 0 Å². The first-order valence-corrected chi connectivity index (χ1v) is 6.93. The van der Waals surface area contributed by atoms with E-state index < -0.39 is 15.7 Å². The van der Waals surface area contributed by atoms with E-state index in [1.165, 1.54) is 6.20 Å². The van der Waals surface area contributed by atoms with Gasteiger partial charge >= 0.3 is 0 Å². The van der Waals surface area contributed by atoms with Gasteiger partial charge in [-0.25, -0.2) is 12.8 Å². The van der Waals surface area contributed by atoms with Crippen molar-refractivity contribution in [1.29, 1.82) is 0 Å². The Bertz CT molecular complexity index is 621. The molecule has 2 rings (SSSR count). The number of hydrogen-bond donors (Lipinski definition) is 0. The molecule has 2 aromatic rings. The van der Waals surface area contributed by atoms with Crippen molar-refractivity contribution in [2.45, 2.75) is 11.4 Å². The van der Waals surface area contributed by atoms with E-state index in [2.05, 4.69) is 0 Å². The number of aryl methyl sites for hydroxylation is 1. The molecule has 0 radical (unpaired) electrons. The van der Waals surface area contributed by atoms with Crippen molar-refractivity contribution in [1.82, 2.24) is 4.57 Å². The maximum absolute atomic E-state index is 12.3. The molecule has 0 bridgehead atoms. The molecule has 0 aliphatic heterocycles. The number of rotatable bonds is 3. The summed E-state index contributed by atoms with van der Waals surface area (Å²) in [7, 11) is 1.52. The van der Waals surface area contributed by atoms with Crippen LogP contribution in [0.15, 0.2) is 35.4 Å². The highest BCUT2D eigenvalue weighted by Gasteiger charge is 2.17. The van der Waals surface area contributed by atoms with E-state index in [9.17, 15) is 12.8 Å². The summed E-state index contributed by atoms with van der Waals surface area (Å²) < 4.78 is 36.5. The lowest BCUT2D eigenvalue weighted by molar-refractivity contribution is 0.450. The minimum Gasteiger partial charge on any atom is -0.343 e. The van der Waals surface area contributed by atoms with Gasteiger partial charge < -0.3 is 4.57 Å². The Labute approximate surface area is 96.9 Å². The third-order valence-electron chi connectivity index (χ3n) is 2.34. The van der Waals surface area contributed by atoms with E-state index in [-0.39, 0.29) is 11.4 Å². The lowest BCUT2D eigenvalue weighted by Gasteiger charge is -1.99. The van der Waals surface area contributed by atoms with Gasteiger partial charge in [0.25, 0.3) is 9.05 Å². The van der Waals surface area contributed by atoms with Crippen LogP contribution in [0.25, 0.3) is 10.9 Å². The van der Waals surface area contributed by atoms with Crippen LogP contribution in [0.2, 0.25) is 0 Å². The van der Waals surface area contributed by atoms with E-state index in [1.54, 1.807) is 28.8 Å². The number of aromatic nitrogens is 1. The SMILES string of the molecule is O=S(=O)(Cl)c1cn(CCF)c2ccccc12. The molecular weight excluding hydrogens is 253 g/mol. The fourth-order valence-corrected chi connectivity index (χ4v) is 2.74. The topological polar surface area (TPSA) is 39.1 Å². The first-order valence-electron chi connectivity index (χ1n) is 4.62. The molecule has 86 valence electrons. The average Bonchev–Trinajstić information content (AvgIpc) is 2.58. The summed E-state index contributed by atoms with van der Waals surface area (Å²) in [5, 5.41) is 0.519. The highest BCUT2D eigenvalue weighted by atomic mass is 35.7. The Hall–Kier alpha value is -1.07. The van der Waals surface area contributed by atoms with Crippen molar-refractivity contribution in [3.05, 3.63) is 30.5 Å². The van der Waals surface area contributed by atoms with Gasteiger partial charge in [-0.1, -0.05) is 18.2 Å². The largest absolute Gasteiger partial charge is 0.343 e. The summed E-state index contributed by atoms with van der Waals surface area (Å²) in [6, 6.07) is 6.87. The lowest BCUT2D eigenvalue weighted by atomic mass is 10.2. The summed E-state index contributed by atoms with van der Waals surface area (Å²) in [5.41, 5.74) is 0.666. The van der Waals surface area contributed by atoms with Crippen molar-refractivity contribution < 1.29 is 12.8 Å². The molecular formula is C10H9ClFNO2S. The Morgan fingerprint density at radius 3 is 2.62 bits per heavy atom. The number of nitrogens with zero attached hydrogens (tertiary/aromatic N) is 1. The fraction of sp³-hybridized carbons (Fsp3) is 0.200. The van der Waals surface area contributed by atoms with Crippen molar-refractivity contribution in [2.75, 3.05) is 6.67 Å². The summed E-state index contributed by atoms with van der Waals surface area (Å²) in [5.74, 6) is 0. The smallest absolute Gasteiger partial charge is 0.263 e. The van der Waals surface area contributed by atoms with Gasteiger partial charge in [0.05, 0.1) is 6.54 Å². The van der Waals surface area contributed by atoms with Gasteiger partial charge in [0.2, 0.25) is 0 Å². The van der Waals surface area contributed by atoms with Crippen LogP contribution in [0.5, 0.6) is 0 Å². The molecule has 3 nitrogen and oxygen atoms in total. The number of para-hydroxylation sites is 1. The normalized spacial score (nSPS) is 12.1. The Kier molecular flexibility index (Phi) is 2.90. The van der Waals surface area contributed by atoms with Crippen LogP contribution in [-0.2, 0) is 15.6 Å². The molecule has 0 N–H and O–H groups in total. The molecule has 0 saturated carbocycles. The molecule has 0 aliphatic carbocycles. The molecule has 0 spiro atoms. The van der Waals surface area contributed by atoms with Gasteiger partial charge in [-0.05, 0) is 6.07 Å². The third-order valence-corrected chi connectivity index (χ3v) is 3.69. The number of alkyl halides is 1. The van der Waals surface area contributed by atoms with Gasteiger partial charge in [0.15, 0.2) is 0 Å². The van der Waals surface area contributed by atoms with E-state index in [1.807, 2.05) is 0 Å². The van der Waals surface area contributed by atoms with Crippen molar-refractivity contribution in [3.63, 3.8) is 0 Å². The van der Waals surface area contributed by atoms with Gasteiger partial charge in [-0.2, -0.15) is 0 Å². The zero-order valence-electron chi connectivity index (χ0n) is 8.23. The molecule has 0 fully saturated rings. The quantitative estimate of drug-likeness (QED) is 0.797.